The molecule has 2 aromatic rings. The number of nitrogens with one attached hydrogen (secondary N) is 1. The first kappa shape index (κ1) is 21.1. The second-order valence-corrected chi connectivity index (χ2v) is 8.53. The molecule has 1 N–H and O–H groups in total. The van der Waals surface area contributed by atoms with E-state index in [1.165, 1.54) is 30.7 Å². The van der Waals surface area contributed by atoms with E-state index in [2.05, 4.69) is 5.32 Å². The van der Waals surface area contributed by atoms with Gasteiger partial charge in [0.1, 0.15) is 23.4 Å². The van der Waals surface area contributed by atoms with Gasteiger partial charge in [0.2, 0.25) is 15.9 Å². The number of hydrogen-bond donors (Lipinski definition) is 1. The molecule has 3 rings (SSSR count). The molecule has 0 unspecified atom stereocenters. The van der Waals surface area contributed by atoms with Crippen LogP contribution in [0.2, 0.25) is 0 Å². The minimum atomic E-state index is -3.94. The highest BCUT2D eigenvalue weighted by Gasteiger charge is 2.37. The number of halogens is 1. The van der Waals surface area contributed by atoms with Crippen LogP contribution in [-0.2, 0) is 14.8 Å². The van der Waals surface area contributed by atoms with Gasteiger partial charge in [-0.3, -0.25) is 4.79 Å². The van der Waals surface area contributed by atoms with Crippen molar-refractivity contribution in [3.05, 3.63) is 48.3 Å². The highest BCUT2D eigenvalue weighted by atomic mass is 32.2. The number of anilines is 1. The largest absolute Gasteiger partial charge is 0.497 e. The topological polar surface area (TPSA) is 84.9 Å². The zero-order valence-corrected chi connectivity index (χ0v) is 17.0. The lowest BCUT2D eigenvalue weighted by Gasteiger charge is -2.33. The number of methoxy groups -OCH3 is 2. The first-order chi connectivity index (χ1) is 13.9. The number of hydrogen-bond acceptors (Lipinski definition) is 5. The van der Waals surface area contributed by atoms with Gasteiger partial charge < -0.3 is 14.8 Å². The van der Waals surface area contributed by atoms with Gasteiger partial charge in [0.25, 0.3) is 0 Å². The third-order valence-corrected chi connectivity index (χ3v) is 6.76. The fraction of sp³-hybridized carbons (Fsp3) is 0.350. The van der Waals surface area contributed by atoms with Crippen LogP contribution in [0.4, 0.5) is 10.1 Å². The van der Waals surface area contributed by atoms with E-state index < -0.39 is 27.8 Å². The van der Waals surface area contributed by atoms with Gasteiger partial charge in [0, 0.05) is 12.6 Å². The zero-order valence-electron chi connectivity index (χ0n) is 16.2. The first-order valence-electron chi connectivity index (χ1n) is 9.17. The van der Waals surface area contributed by atoms with Crippen LogP contribution in [0.1, 0.15) is 19.3 Å². The van der Waals surface area contributed by atoms with E-state index in [-0.39, 0.29) is 11.4 Å². The van der Waals surface area contributed by atoms with E-state index in [1.54, 1.807) is 18.2 Å². The number of sulfonamides is 1. The Balaban J connectivity index is 1.88. The first-order valence-corrected chi connectivity index (χ1v) is 10.6. The summed E-state index contributed by atoms with van der Waals surface area (Å²) in [7, 11) is -0.963. The molecular formula is C20H23FN2O5S. The summed E-state index contributed by atoms with van der Waals surface area (Å²) >= 11 is 0. The van der Waals surface area contributed by atoms with Crippen molar-refractivity contribution < 1.29 is 27.1 Å². The van der Waals surface area contributed by atoms with Crippen molar-refractivity contribution in [1.29, 1.82) is 0 Å². The molecule has 0 saturated carbocycles. The molecular weight excluding hydrogens is 399 g/mol. The zero-order chi connectivity index (χ0) is 21.0. The Labute approximate surface area is 169 Å². The summed E-state index contributed by atoms with van der Waals surface area (Å²) in [5.41, 5.74) is 0.390. The van der Waals surface area contributed by atoms with Crippen molar-refractivity contribution in [3.8, 4) is 11.5 Å². The third-order valence-electron chi connectivity index (χ3n) is 4.84. The molecule has 1 fully saturated rings. The Bertz CT molecular complexity index is 979. The van der Waals surface area contributed by atoms with Crippen LogP contribution in [0.5, 0.6) is 11.5 Å². The van der Waals surface area contributed by atoms with Gasteiger partial charge in [-0.15, -0.1) is 0 Å². The SMILES string of the molecule is COc1ccc(OC)c(NC(=O)[C@H]2CCCCN2S(=O)(=O)c2ccc(F)cc2)c1. The van der Waals surface area contributed by atoms with E-state index >= 15 is 0 Å². The molecule has 0 spiro atoms. The summed E-state index contributed by atoms with van der Waals surface area (Å²) < 4.78 is 51.0. The number of carbonyl (C=O) groups is 1. The summed E-state index contributed by atoms with van der Waals surface area (Å²) in [5, 5.41) is 2.76. The molecule has 0 aliphatic carbocycles. The van der Waals surface area contributed by atoms with Crippen LogP contribution < -0.4 is 14.8 Å². The van der Waals surface area contributed by atoms with Crippen molar-refractivity contribution in [3.63, 3.8) is 0 Å². The fourth-order valence-electron chi connectivity index (χ4n) is 3.32. The Morgan fingerprint density at radius 3 is 2.48 bits per heavy atom. The second-order valence-electron chi connectivity index (χ2n) is 6.64. The molecule has 1 amide bonds. The quantitative estimate of drug-likeness (QED) is 0.774. The van der Waals surface area contributed by atoms with E-state index in [0.29, 0.717) is 30.0 Å². The molecule has 0 aromatic heterocycles. The van der Waals surface area contributed by atoms with Gasteiger partial charge in [-0.25, -0.2) is 12.8 Å². The van der Waals surface area contributed by atoms with Crippen molar-refractivity contribution in [1.82, 2.24) is 4.31 Å². The normalized spacial score (nSPS) is 17.6. The number of ether oxygens (including phenoxy) is 2. The highest BCUT2D eigenvalue weighted by Crippen LogP contribution is 2.31. The van der Waals surface area contributed by atoms with Crippen LogP contribution in [0.3, 0.4) is 0 Å². The van der Waals surface area contributed by atoms with Crippen LogP contribution >= 0.6 is 0 Å². The Morgan fingerprint density at radius 1 is 1.10 bits per heavy atom. The number of piperidine rings is 1. The molecule has 1 heterocycles. The average molecular weight is 422 g/mol. The Hall–Kier alpha value is -2.65. The molecule has 1 saturated heterocycles. The molecule has 156 valence electrons. The molecule has 7 nitrogen and oxygen atoms in total. The monoisotopic (exact) mass is 422 g/mol. The number of carbonyl (C=O) groups excluding carboxylic acids is 1. The predicted octanol–water partition coefficient (Wildman–Crippen LogP) is 3.02. The molecule has 1 aliphatic rings. The molecule has 9 heteroatoms. The highest BCUT2D eigenvalue weighted by molar-refractivity contribution is 7.89. The molecule has 0 bridgehead atoms. The van der Waals surface area contributed by atoms with Crippen LogP contribution in [0.15, 0.2) is 47.4 Å². The van der Waals surface area contributed by atoms with Gasteiger partial charge in [-0.05, 0) is 49.2 Å². The van der Waals surface area contributed by atoms with Gasteiger partial charge >= 0.3 is 0 Å². The number of nitrogens with zero attached hydrogens (tertiary/aromatic N) is 1. The molecule has 29 heavy (non-hydrogen) atoms. The minimum absolute atomic E-state index is 0.0439. The predicted molar refractivity (Wildman–Crippen MR) is 106 cm³/mol. The van der Waals surface area contributed by atoms with E-state index in [4.69, 9.17) is 9.47 Å². The third kappa shape index (κ3) is 4.51. The van der Waals surface area contributed by atoms with Crippen LogP contribution in [-0.4, -0.2) is 45.4 Å². The fourth-order valence-corrected chi connectivity index (χ4v) is 4.98. The lowest BCUT2D eigenvalue weighted by molar-refractivity contribution is -0.120. The average Bonchev–Trinajstić information content (AvgIpc) is 2.74. The van der Waals surface area contributed by atoms with Gasteiger partial charge in [-0.2, -0.15) is 4.31 Å². The maximum Gasteiger partial charge on any atom is 0.243 e. The molecule has 0 radical (unpaired) electrons. The smallest absolute Gasteiger partial charge is 0.243 e. The second kappa shape index (κ2) is 8.79. The molecule has 1 atom stereocenters. The summed E-state index contributed by atoms with van der Waals surface area (Å²) in [4.78, 5) is 13.0. The van der Waals surface area contributed by atoms with Gasteiger partial charge in [0.15, 0.2) is 0 Å². The van der Waals surface area contributed by atoms with E-state index in [1.807, 2.05) is 0 Å². The number of amides is 1. The summed E-state index contributed by atoms with van der Waals surface area (Å²) in [6, 6.07) is 8.68. The van der Waals surface area contributed by atoms with Crippen molar-refractivity contribution in [2.24, 2.45) is 0 Å². The van der Waals surface area contributed by atoms with Crippen LogP contribution in [0, 0.1) is 5.82 Å². The summed E-state index contributed by atoms with van der Waals surface area (Å²) in [6.45, 7) is 0.215. The van der Waals surface area contributed by atoms with Crippen molar-refractivity contribution in [2.45, 2.75) is 30.2 Å². The number of rotatable bonds is 6. The lowest BCUT2D eigenvalue weighted by atomic mass is 10.0. The van der Waals surface area contributed by atoms with Crippen molar-refractivity contribution in [2.75, 3.05) is 26.1 Å². The molecule has 1 aliphatic heterocycles. The van der Waals surface area contributed by atoms with Crippen molar-refractivity contribution >= 4 is 21.6 Å². The van der Waals surface area contributed by atoms with Crippen LogP contribution in [0.25, 0.3) is 0 Å². The summed E-state index contributed by atoms with van der Waals surface area (Å²) in [6.07, 6.45) is 1.76. The lowest BCUT2D eigenvalue weighted by Crippen LogP contribution is -2.49. The Morgan fingerprint density at radius 2 is 1.83 bits per heavy atom. The maximum atomic E-state index is 13.2. The Kier molecular flexibility index (Phi) is 6.39. The van der Waals surface area contributed by atoms with Gasteiger partial charge in [0.05, 0.1) is 24.8 Å². The minimum Gasteiger partial charge on any atom is -0.497 e. The number of benzene rings is 2. The maximum absolute atomic E-state index is 13.2. The van der Waals surface area contributed by atoms with E-state index in [0.717, 1.165) is 18.6 Å². The van der Waals surface area contributed by atoms with E-state index in [9.17, 15) is 17.6 Å². The summed E-state index contributed by atoms with van der Waals surface area (Å²) in [5.74, 6) is -0.0209. The molecule has 2 aromatic carbocycles. The van der Waals surface area contributed by atoms with Gasteiger partial charge in [-0.1, -0.05) is 6.42 Å². The standard InChI is InChI=1S/C20H23FN2O5S/c1-27-15-8-11-19(28-2)17(13-15)22-20(24)18-5-3-4-12-23(18)29(25,26)16-9-6-14(21)7-10-16/h6-11,13,18H,3-5,12H2,1-2H3,(H,22,24)/t18-/m1/s1.